The molecule has 0 aliphatic carbocycles. The number of nitrogens with two attached hydrogens (primary N) is 1. The van der Waals surface area contributed by atoms with Crippen molar-refractivity contribution < 1.29 is 9.53 Å². The Morgan fingerprint density at radius 1 is 1.25 bits per heavy atom. The lowest BCUT2D eigenvalue weighted by Gasteiger charge is -2.29. The monoisotopic (exact) mass is 378 g/mol. The highest BCUT2D eigenvalue weighted by Crippen LogP contribution is 2.46. The molecule has 2 aliphatic rings. The number of hydrogen-bond donors (Lipinski definition) is 1. The summed E-state index contributed by atoms with van der Waals surface area (Å²) in [5, 5.41) is 9.46. The first-order valence-corrected chi connectivity index (χ1v) is 9.20. The van der Waals surface area contributed by atoms with Gasteiger partial charge in [0, 0.05) is 38.4 Å². The summed E-state index contributed by atoms with van der Waals surface area (Å²) >= 11 is 0. The van der Waals surface area contributed by atoms with Gasteiger partial charge in [0.2, 0.25) is 5.91 Å². The van der Waals surface area contributed by atoms with E-state index in [1.54, 1.807) is 14.0 Å². The second-order valence-electron chi connectivity index (χ2n) is 7.29. The average molecular weight is 378 g/mol. The largest absolute Gasteiger partial charge is 0.497 e. The number of anilines is 2. The van der Waals surface area contributed by atoms with E-state index in [9.17, 15) is 10.1 Å². The van der Waals surface area contributed by atoms with Crippen molar-refractivity contribution in [2.45, 2.75) is 13.0 Å². The van der Waals surface area contributed by atoms with Gasteiger partial charge in [0.05, 0.1) is 13.2 Å². The molecule has 8 nitrogen and oxygen atoms in total. The summed E-state index contributed by atoms with van der Waals surface area (Å²) in [7, 11) is 1.64. The topological polar surface area (TPSA) is 108 Å². The van der Waals surface area contributed by atoms with Gasteiger partial charge in [-0.1, -0.05) is 12.1 Å². The molecule has 3 atom stereocenters. The zero-order chi connectivity index (χ0) is 19.8. The molecule has 0 unspecified atom stereocenters. The zero-order valence-electron chi connectivity index (χ0n) is 15.9. The van der Waals surface area contributed by atoms with Crippen molar-refractivity contribution in [1.82, 2.24) is 14.9 Å². The van der Waals surface area contributed by atoms with Gasteiger partial charge in [-0.05, 0) is 17.7 Å². The molecule has 1 aromatic carbocycles. The molecule has 144 valence electrons. The number of rotatable bonds is 3. The lowest BCUT2D eigenvalue weighted by atomic mass is 9.89. The Bertz CT molecular complexity index is 939. The van der Waals surface area contributed by atoms with Gasteiger partial charge >= 0.3 is 0 Å². The van der Waals surface area contributed by atoms with Gasteiger partial charge in [-0.25, -0.2) is 9.97 Å². The van der Waals surface area contributed by atoms with Crippen LogP contribution in [-0.4, -0.2) is 47.5 Å². The maximum Gasteiger partial charge on any atom is 0.219 e. The normalized spacial score (nSPS) is 23.4. The molecule has 2 aromatic rings. The molecule has 28 heavy (non-hydrogen) atoms. The van der Waals surface area contributed by atoms with Crippen molar-refractivity contribution in [1.29, 1.82) is 5.26 Å². The number of benzene rings is 1. The van der Waals surface area contributed by atoms with E-state index in [1.807, 2.05) is 29.2 Å². The first-order valence-electron chi connectivity index (χ1n) is 9.20. The van der Waals surface area contributed by atoms with Crippen LogP contribution in [0.15, 0.2) is 30.6 Å². The fourth-order valence-corrected chi connectivity index (χ4v) is 4.51. The maximum atomic E-state index is 12.3. The first kappa shape index (κ1) is 18.0. The number of nitriles is 1. The van der Waals surface area contributed by atoms with Crippen molar-refractivity contribution in [2.24, 2.45) is 11.8 Å². The van der Waals surface area contributed by atoms with Crippen LogP contribution in [0.3, 0.4) is 0 Å². The van der Waals surface area contributed by atoms with Crippen molar-refractivity contribution in [3.8, 4) is 11.8 Å². The van der Waals surface area contributed by atoms with Gasteiger partial charge in [0.15, 0.2) is 5.82 Å². The molecular weight excluding hydrogens is 356 g/mol. The molecule has 1 amide bonds. The Morgan fingerprint density at radius 2 is 2.00 bits per heavy atom. The van der Waals surface area contributed by atoms with Crippen LogP contribution in [0.2, 0.25) is 0 Å². The van der Waals surface area contributed by atoms with Crippen LogP contribution in [-0.2, 0) is 4.79 Å². The maximum absolute atomic E-state index is 12.3. The predicted octanol–water partition coefficient (Wildman–Crippen LogP) is 1.59. The summed E-state index contributed by atoms with van der Waals surface area (Å²) in [6.45, 7) is 3.74. The van der Waals surface area contributed by atoms with Crippen LogP contribution >= 0.6 is 0 Å². The van der Waals surface area contributed by atoms with E-state index < -0.39 is 0 Å². The Morgan fingerprint density at radius 3 is 2.64 bits per heavy atom. The molecule has 2 saturated heterocycles. The SMILES string of the molecule is COc1ccc([C@H]2[C@@H]3CN(c4ncnc(N)c4C#N)C[C@@H]3CN2C(C)=O)cc1. The zero-order valence-corrected chi connectivity index (χ0v) is 15.9. The summed E-state index contributed by atoms with van der Waals surface area (Å²) in [5.74, 6) is 2.19. The molecule has 0 spiro atoms. The van der Waals surface area contributed by atoms with Gasteiger partial charge in [-0.3, -0.25) is 4.79 Å². The summed E-state index contributed by atoms with van der Waals surface area (Å²) in [6, 6.07) is 10.00. The minimum absolute atomic E-state index is 0.0110. The van der Waals surface area contributed by atoms with Gasteiger partial charge < -0.3 is 20.3 Å². The van der Waals surface area contributed by atoms with Gasteiger partial charge in [0.1, 0.15) is 29.5 Å². The number of ether oxygens (including phenoxy) is 1. The second-order valence-corrected chi connectivity index (χ2v) is 7.29. The van der Waals surface area contributed by atoms with E-state index in [2.05, 4.69) is 20.9 Å². The Labute approximate surface area is 163 Å². The van der Waals surface area contributed by atoms with E-state index in [1.165, 1.54) is 6.33 Å². The van der Waals surface area contributed by atoms with E-state index >= 15 is 0 Å². The Hall–Kier alpha value is -3.34. The van der Waals surface area contributed by atoms with Crippen LogP contribution in [0.1, 0.15) is 24.1 Å². The standard InChI is InChI=1S/C20H22N6O2/c1-12(27)26-9-14-8-25(20-16(7-21)19(22)23-11-24-20)10-17(14)18(26)13-3-5-15(28-2)6-4-13/h3-6,11,14,17-18H,8-10H2,1-2H3,(H2,22,23,24)/t14-,17-,18+/m1/s1. The number of likely N-dealkylation sites (tertiary alicyclic amines) is 1. The lowest BCUT2D eigenvalue weighted by Crippen LogP contribution is -2.34. The minimum atomic E-state index is -0.0110. The van der Waals surface area contributed by atoms with Crippen molar-refractivity contribution in [2.75, 3.05) is 37.4 Å². The third-order valence-corrected chi connectivity index (χ3v) is 5.79. The highest BCUT2D eigenvalue weighted by Gasteiger charge is 2.49. The Balaban J connectivity index is 1.65. The van der Waals surface area contributed by atoms with Gasteiger partial charge in [-0.2, -0.15) is 5.26 Å². The van der Waals surface area contributed by atoms with Crippen LogP contribution < -0.4 is 15.4 Å². The van der Waals surface area contributed by atoms with E-state index in [0.29, 0.717) is 30.4 Å². The smallest absolute Gasteiger partial charge is 0.219 e. The molecule has 4 rings (SSSR count). The number of nitrogens with zero attached hydrogens (tertiary/aromatic N) is 5. The van der Waals surface area contributed by atoms with Crippen LogP contribution in [0, 0.1) is 23.2 Å². The fraction of sp³-hybridized carbons (Fsp3) is 0.400. The van der Waals surface area contributed by atoms with E-state index in [0.717, 1.165) is 17.9 Å². The highest BCUT2D eigenvalue weighted by atomic mass is 16.5. The molecule has 0 radical (unpaired) electrons. The molecule has 2 fully saturated rings. The number of methoxy groups -OCH3 is 1. The summed E-state index contributed by atoms with van der Waals surface area (Å²) in [5.41, 5.74) is 7.26. The van der Waals surface area contributed by atoms with Gasteiger partial charge in [-0.15, -0.1) is 0 Å². The van der Waals surface area contributed by atoms with Crippen molar-refractivity contribution in [3.05, 3.63) is 41.7 Å². The Kier molecular flexibility index (Phi) is 4.51. The number of fused-ring (bicyclic) bond motifs is 1. The number of carbonyl (C=O) groups excluding carboxylic acids is 1. The van der Waals surface area contributed by atoms with Crippen molar-refractivity contribution in [3.63, 3.8) is 0 Å². The third kappa shape index (κ3) is 2.89. The number of carbonyl (C=O) groups is 1. The van der Waals surface area contributed by atoms with E-state index in [4.69, 9.17) is 10.5 Å². The quantitative estimate of drug-likeness (QED) is 0.864. The molecule has 0 bridgehead atoms. The third-order valence-electron chi connectivity index (χ3n) is 5.79. The predicted molar refractivity (Wildman–Crippen MR) is 103 cm³/mol. The number of nitrogen functional groups attached to an aromatic ring is 1. The minimum Gasteiger partial charge on any atom is -0.497 e. The van der Waals surface area contributed by atoms with Gasteiger partial charge in [0.25, 0.3) is 0 Å². The molecule has 1 aromatic heterocycles. The van der Waals surface area contributed by atoms with Crippen LogP contribution in [0.25, 0.3) is 0 Å². The summed E-state index contributed by atoms with van der Waals surface area (Å²) in [4.78, 5) is 24.6. The number of amides is 1. The first-order chi connectivity index (χ1) is 13.5. The fourth-order valence-electron chi connectivity index (χ4n) is 4.51. The average Bonchev–Trinajstić information content (AvgIpc) is 3.26. The molecule has 3 heterocycles. The molecule has 2 aliphatic heterocycles. The number of hydrogen-bond acceptors (Lipinski definition) is 7. The van der Waals surface area contributed by atoms with E-state index in [-0.39, 0.29) is 23.7 Å². The molecule has 8 heteroatoms. The summed E-state index contributed by atoms with van der Waals surface area (Å²) in [6.07, 6.45) is 1.39. The second kappa shape index (κ2) is 7.00. The molecular formula is C20H22N6O2. The molecule has 0 saturated carbocycles. The van der Waals surface area contributed by atoms with Crippen LogP contribution in [0.4, 0.5) is 11.6 Å². The molecule has 2 N–H and O–H groups in total. The number of aromatic nitrogens is 2. The van der Waals surface area contributed by atoms with Crippen molar-refractivity contribution >= 4 is 17.5 Å². The summed E-state index contributed by atoms with van der Waals surface area (Å²) < 4.78 is 5.26. The van der Waals surface area contributed by atoms with Crippen LogP contribution in [0.5, 0.6) is 5.75 Å². The lowest BCUT2D eigenvalue weighted by molar-refractivity contribution is -0.130. The highest BCUT2D eigenvalue weighted by molar-refractivity contribution is 5.74.